The number of carbonyl (C=O) groups is 2. The largest absolute Gasteiger partial charge is 0.372 e. The van der Waals surface area contributed by atoms with E-state index in [1.54, 1.807) is 6.92 Å². The predicted octanol–water partition coefficient (Wildman–Crippen LogP) is 1.08. The molecule has 114 valence electrons. The molecule has 5 nitrogen and oxygen atoms in total. The second kappa shape index (κ2) is 5.99. The van der Waals surface area contributed by atoms with E-state index in [4.69, 9.17) is 11.6 Å². The first-order valence-corrected chi connectivity index (χ1v) is 6.99. The number of aliphatic hydroxyl groups is 1. The Morgan fingerprint density at radius 2 is 2.24 bits per heavy atom. The summed E-state index contributed by atoms with van der Waals surface area (Å²) in [7, 11) is 0. The molecule has 1 fully saturated rings. The SMILES string of the molecule is CCN1CC[C@@](O)(C(=O)NCc2cc(F)cc(Cl)c2)C1=O. The summed E-state index contributed by atoms with van der Waals surface area (Å²) in [4.78, 5) is 25.4. The Balaban J connectivity index is 2.03. The number of hydrogen-bond donors (Lipinski definition) is 2. The lowest BCUT2D eigenvalue weighted by Crippen LogP contribution is -2.52. The van der Waals surface area contributed by atoms with Gasteiger partial charge in [0.15, 0.2) is 0 Å². The summed E-state index contributed by atoms with van der Waals surface area (Å²) in [6, 6.07) is 3.88. The van der Waals surface area contributed by atoms with Gasteiger partial charge in [-0.15, -0.1) is 0 Å². The molecule has 21 heavy (non-hydrogen) atoms. The number of likely N-dealkylation sites (N-methyl/N-ethyl adjacent to an activating group) is 1. The lowest BCUT2D eigenvalue weighted by atomic mass is 10.0. The van der Waals surface area contributed by atoms with Crippen LogP contribution in [0.4, 0.5) is 4.39 Å². The Labute approximate surface area is 126 Å². The van der Waals surface area contributed by atoms with Crippen LogP contribution >= 0.6 is 11.6 Å². The van der Waals surface area contributed by atoms with Gasteiger partial charge in [-0.1, -0.05) is 11.6 Å². The number of hydrogen-bond acceptors (Lipinski definition) is 3. The first-order chi connectivity index (χ1) is 9.86. The zero-order chi connectivity index (χ0) is 15.6. The van der Waals surface area contributed by atoms with Gasteiger partial charge in [-0.2, -0.15) is 0 Å². The quantitative estimate of drug-likeness (QED) is 0.817. The summed E-state index contributed by atoms with van der Waals surface area (Å²) in [6.07, 6.45) is 0.0510. The molecular formula is C14H16ClFN2O3. The highest BCUT2D eigenvalue weighted by Crippen LogP contribution is 2.23. The van der Waals surface area contributed by atoms with Crippen LogP contribution in [0, 0.1) is 5.82 Å². The first-order valence-electron chi connectivity index (χ1n) is 6.62. The molecule has 7 heteroatoms. The Bertz CT molecular complexity index is 561. The maximum Gasteiger partial charge on any atom is 0.264 e. The predicted molar refractivity (Wildman–Crippen MR) is 75.1 cm³/mol. The molecule has 1 saturated heterocycles. The van der Waals surface area contributed by atoms with Gasteiger partial charge in [0.1, 0.15) is 5.82 Å². The van der Waals surface area contributed by atoms with Crippen LogP contribution in [0.3, 0.4) is 0 Å². The molecule has 0 aromatic heterocycles. The van der Waals surface area contributed by atoms with Crippen molar-refractivity contribution < 1.29 is 19.1 Å². The molecule has 1 aliphatic heterocycles. The third-order valence-corrected chi connectivity index (χ3v) is 3.74. The molecule has 0 saturated carbocycles. The van der Waals surface area contributed by atoms with E-state index >= 15 is 0 Å². The van der Waals surface area contributed by atoms with Crippen molar-refractivity contribution in [3.05, 3.63) is 34.6 Å². The van der Waals surface area contributed by atoms with Gasteiger partial charge >= 0.3 is 0 Å². The fourth-order valence-corrected chi connectivity index (χ4v) is 2.57. The first kappa shape index (κ1) is 15.7. The van der Waals surface area contributed by atoms with E-state index in [9.17, 15) is 19.1 Å². The van der Waals surface area contributed by atoms with Gasteiger partial charge in [0.05, 0.1) is 0 Å². The van der Waals surface area contributed by atoms with Gasteiger partial charge in [0, 0.05) is 31.1 Å². The van der Waals surface area contributed by atoms with Crippen molar-refractivity contribution in [1.29, 1.82) is 0 Å². The van der Waals surface area contributed by atoms with Gasteiger partial charge in [0.25, 0.3) is 11.8 Å². The van der Waals surface area contributed by atoms with Crippen LogP contribution < -0.4 is 5.32 Å². The number of nitrogens with one attached hydrogen (secondary N) is 1. The average Bonchev–Trinajstić information content (AvgIpc) is 2.72. The monoisotopic (exact) mass is 314 g/mol. The smallest absolute Gasteiger partial charge is 0.264 e. The van der Waals surface area contributed by atoms with Crippen LogP contribution in [0.1, 0.15) is 18.9 Å². The van der Waals surface area contributed by atoms with E-state index in [1.165, 1.54) is 17.0 Å². The van der Waals surface area contributed by atoms with Crippen LogP contribution in [-0.4, -0.2) is 40.5 Å². The Morgan fingerprint density at radius 1 is 1.52 bits per heavy atom. The second-order valence-electron chi connectivity index (χ2n) is 4.96. The Hall–Kier alpha value is -1.66. The number of benzene rings is 1. The van der Waals surface area contributed by atoms with Crippen LogP contribution in [0.25, 0.3) is 0 Å². The minimum absolute atomic E-state index is 0.0158. The van der Waals surface area contributed by atoms with E-state index in [-0.39, 0.29) is 18.0 Å². The zero-order valence-corrected chi connectivity index (χ0v) is 12.3. The van der Waals surface area contributed by atoms with E-state index in [0.29, 0.717) is 18.7 Å². The molecule has 2 N–H and O–H groups in total. The Kier molecular flexibility index (Phi) is 4.49. The van der Waals surface area contributed by atoms with Crippen LogP contribution in [0.2, 0.25) is 5.02 Å². The molecule has 2 amide bonds. The van der Waals surface area contributed by atoms with Crippen LogP contribution in [0.5, 0.6) is 0 Å². The lowest BCUT2D eigenvalue weighted by molar-refractivity contribution is -0.154. The molecule has 0 bridgehead atoms. The molecule has 1 aromatic carbocycles. The summed E-state index contributed by atoms with van der Waals surface area (Å²) in [6.45, 7) is 2.54. The molecule has 2 rings (SSSR count). The fourth-order valence-electron chi connectivity index (χ4n) is 2.32. The number of likely N-dealkylation sites (tertiary alicyclic amines) is 1. The molecule has 1 aliphatic rings. The second-order valence-corrected chi connectivity index (χ2v) is 5.39. The van der Waals surface area contributed by atoms with Crippen molar-refractivity contribution in [2.24, 2.45) is 0 Å². The topological polar surface area (TPSA) is 69.6 Å². The molecule has 1 atom stereocenters. The summed E-state index contributed by atoms with van der Waals surface area (Å²) < 4.78 is 13.2. The van der Waals surface area contributed by atoms with Gasteiger partial charge < -0.3 is 15.3 Å². The Morgan fingerprint density at radius 3 is 2.81 bits per heavy atom. The van der Waals surface area contributed by atoms with Gasteiger partial charge in [0.2, 0.25) is 5.60 Å². The van der Waals surface area contributed by atoms with E-state index < -0.39 is 23.2 Å². The number of carbonyl (C=O) groups excluding carboxylic acids is 2. The van der Waals surface area contributed by atoms with Crippen LogP contribution in [-0.2, 0) is 16.1 Å². The minimum atomic E-state index is -2.03. The normalized spacial score (nSPS) is 21.7. The molecule has 0 spiro atoms. The highest BCUT2D eigenvalue weighted by molar-refractivity contribution is 6.30. The van der Waals surface area contributed by atoms with Crippen molar-refractivity contribution in [2.45, 2.75) is 25.5 Å². The number of nitrogens with zero attached hydrogens (tertiary/aromatic N) is 1. The third-order valence-electron chi connectivity index (χ3n) is 3.52. The van der Waals surface area contributed by atoms with Gasteiger partial charge in [-0.05, 0) is 30.7 Å². The van der Waals surface area contributed by atoms with Crippen molar-refractivity contribution in [1.82, 2.24) is 10.2 Å². The summed E-state index contributed by atoms with van der Waals surface area (Å²) in [5.41, 5.74) is -1.58. The van der Waals surface area contributed by atoms with Crippen molar-refractivity contribution in [3.63, 3.8) is 0 Å². The molecule has 1 aromatic rings. The van der Waals surface area contributed by atoms with Gasteiger partial charge in [-0.25, -0.2) is 4.39 Å². The minimum Gasteiger partial charge on any atom is -0.372 e. The van der Waals surface area contributed by atoms with Crippen molar-refractivity contribution in [2.75, 3.05) is 13.1 Å². The maximum atomic E-state index is 13.2. The van der Waals surface area contributed by atoms with E-state index in [1.807, 2.05) is 0 Å². The number of rotatable bonds is 4. The average molecular weight is 315 g/mol. The lowest BCUT2D eigenvalue weighted by Gasteiger charge is -2.20. The molecule has 0 aliphatic carbocycles. The summed E-state index contributed by atoms with van der Waals surface area (Å²) in [5, 5.41) is 12.9. The number of halogens is 2. The maximum absolute atomic E-state index is 13.2. The van der Waals surface area contributed by atoms with Crippen molar-refractivity contribution >= 4 is 23.4 Å². The standard InChI is InChI=1S/C14H16ClFN2O3/c1-2-18-4-3-14(21,13(18)20)12(19)17-8-9-5-10(15)7-11(16)6-9/h5-7,21H,2-4,8H2,1H3,(H,17,19)/t14-/m1/s1. The summed E-state index contributed by atoms with van der Waals surface area (Å²) in [5.74, 6) is -1.89. The molecular weight excluding hydrogens is 299 g/mol. The van der Waals surface area contributed by atoms with Gasteiger partial charge in [-0.3, -0.25) is 9.59 Å². The van der Waals surface area contributed by atoms with Crippen LogP contribution in [0.15, 0.2) is 18.2 Å². The van der Waals surface area contributed by atoms with E-state index in [0.717, 1.165) is 6.07 Å². The highest BCUT2D eigenvalue weighted by atomic mass is 35.5. The van der Waals surface area contributed by atoms with E-state index in [2.05, 4.69) is 5.32 Å². The zero-order valence-electron chi connectivity index (χ0n) is 11.5. The molecule has 0 unspecified atom stereocenters. The molecule has 1 heterocycles. The van der Waals surface area contributed by atoms with Crippen molar-refractivity contribution in [3.8, 4) is 0 Å². The molecule has 0 radical (unpaired) electrons. The third kappa shape index (κ3) is 3.16. The fraction of sp³-hybridized carbons (Fsp3) is 0.429. The summed E-state index contributed by atoms with van der Waals surface area (Å²) >= 11 is 5.72. The highest BCUT2D eigenvalue weighted by Gasteiger charge is 2.50. The number of amides is 2.